The van der Waals surface area contributed by atoms with Crippen molar-refractivity contribution in [1.82, 2.24) is 10.6 Å². The second-order valence-electron chi connectivity index (χ2n) is 5.49. The first-order valence-electron chi connectivity index (χ1n) is 7.78. The van der Waals surface area contributed by atoms with Gasteiger partial charge in [0, 0.05) is 18.7 Å². The van der Waals surface area contributed by atoms with Crippen LogP contribution in [0.3, 0.4) is 0 Å². The van der Waals surface area contributed by atoms with Gasteiger partial charge in [-0.25, -0.2) is 0 Å². The van der Waals surface area contributed by atoms with E-state index in [4.69, 9.17) is 13.9 Å². The van der Waals surface area contributed by atoms with Crippen LogP contribution in [0.1, 0.15) is 23.7 Å². The standard InChI is InChI=1S/C17H18N2O6/c20-13(12-4-6-23-9-12)3-5-18-16(21)17(22)19-8-11-1-2-14-15(7-11)25-10-24-14/h1-2,4,6-7,9,13,20H,3,5,8,10H2,(H,18,21)(H,19,22)/t13-/m0/s1. The molecule has 132 valence electrons. The largest absolute Gasteiger partial charge is 0.472 e. The molecule has 0 saturated carbocycles. The second-order valence-corrected chi connectivity index (χ2v) is 5.49. The summed E-state index contributed by atoms with van der Waals surface area (Å²) in [5.74, 6) is -0.218. The Labute approximate surface area is 143 Å². The van der Waals surface area contributed by atoms with Crippen LogP contribution in [0.15, 0.2) is 41.2 Å². The molecule has 0 fully saturated rings. The van der Waals surface area contributed by atoms with Crippen LogP contribution in [-0.4, -0.2) is 30.3 Å². The zero-order valence-corrected chi connectivity index (χ0v) is 13.4. The van der Waals surface area contributed by atoms with Crippen molar-refractivity contribution in [3.8, 4) is 11.5 Å². The van der Waals surface area contributed by atoms with Crippen LogP contribution in [0.25, 0.3) is 0 Å². The monoisotopic (exact) mass is 346 g/mol. The first kappa shape index (κ1) is 16.8. The van der Waals surface area contributed by atoms with E-state index in [2.05, 4.69) is 10.6 Å². The summed E-state index contributed by atoms with van der Waals surface area (Å²) >= 11 is 0. The molecule has 8 heteroatoms. The summed E-state index contributed by atoms with van der Waals surface area (Å²) in [5, 5.41) is 14.9. The summed E-state index contributed by atoms with van der Waals surface area (Å²) in [5.41, 5.74) is 1.42. The smallest absolute Gasteiger partial charge is 0.309 e. The summed E-state index contributed by atoms with van der Waals surface area (Å²) in [7, 11) is 0. The number of rotatable bonds is 6. The number of nitrogens with one attached hydrogen (secondary N) is 2. The van der Waals surface area contributed by atoms with Crippen LogP contribution in [0.4, 0.5) is 0 Å². The molecule has 1 aliphatic heterocycles. The van der Waals surface area contributed by atoms with E-state index in [1.807, 2.05) is 0 Å². The van der Waals surface area contributed by atoms with Gasteiger partial charge in [-0.1, -0.05) is 6.07 Å². The molecule has 2 amide bonds. The molecule has 25 heavy (non-hydrogen) atoms. The fourth-order valence-electron chi connectivity index (χ4n) is 2.35. The minimum Gasteiger partial charge on any atom is -0.472 e. The number of hydrogen-bond donors (Lipinski definition) is 3. The van der Waals surface area contributed by atoms with E-state index >= 15 is 0 Å². The number of fused-ring (bicyclic) bond motifs is 1. The lowest BCUT2D eigenvalue weighted by Gasteiger charge is -2.10. The first-order valence-corrected chi connectivity index (χ1v) is 7.78. The molecule has 1 aromatic carbocycles. The highest BCUT2D eigenvalue weighted by Gasteiger charge is 2.16. The number of ether oxygens (including phenoxy) is 2. The average molecular weight is 346 g/mol. The van der Waals surface area contributed by atoms with Gasteiger partial charge < -0.3 is 29.6 Å². The third-order valence-corrected chi connectivity index (χ3v) is 3.73. The number of aliphatic hydroxyl groups excluding tert-OH is 1. The maximum absolute atomic E-state index is 11.8. The topological polar surface area (TPSA) is 110 Å². The van der Waals surface area contributed by atoms with Crippen LogP contribution in [0, 0.1) is 0 Å². The van der Waals surface area contributed by atoms with Crippen molar-refractivity contribution in [3.63, 3.8) is 0 Å². The molecule has 1 aromatic heterocycles. The van der Waals surface area contributed by atoms with Gasteiger partial charge in [0.05, 0.1) is 18.6 Å². The molecule has 0 bridgehead atoms. The Morgan fingerprint density at radius 1 is 1.12 bits per heavy atom. The van der Waals surface area contributed by atoms with Crippen molar-refractivity contribution in [1.29, 1.82) is 0 Å². The molecule has 0 radical (unpaired) electrons. The SMILES string of the molecule is O=C(NCC[C@H](O)c1ccoc1)C(=O)NCc1ccc2c(c1)OCO2. The number of hydrogen-bond acceptors (Lipinski definition) is 6. The molecular formula is C17H18N2O6. The molecule has 0 spiro atoms. The lowest BCUT2D eigenvalue weighted by molar-refractivity contribution is -0.139. The first-order chi connectivity index (χ1) is 12.1. The fourth-order valence-corrected chi connectivity index (χ4v) is 2.35. The maximum atomic E-state index is 11.8. The molecule has 1 aliphatic rings. The van der Waals surface area contributed by atoms with E-state index < -0.39 is 17.9 Å². The van der Waals surface area contributed by atoms with Gasteiger partial charge in [-0.3, -0.25) is 9.59 Å². The quantitative estimate of drug-likeness (QED) is 0.670. The van der Waals surface area contributed by atoms with Crippen LogP contribution in [0.5, 0.6) is 11.5 Å². The summed E-state index contributed by atoms with van der Waals surface area (Å²) in [6, 6.07) is 6.93. The van der Waals surface area contributed by atoms with E-state index in [1.165, 1.54) is 12.5 Å². The summed E-state index contributed by atoms with van der Waals surface area (Å²) < 4.78 is 15.3. The van der Waals surface area contributed by atoms with Crippen LogP contribution in [0.2, 0.25) is 0 Å². The number of carbonyl (C=O) groups excluding carboxylic acids is 2. The van der Waals surface area contributed by atoms with E-state index in [0.29, 0.717) is 17.1 Å². The molecule has 0 aliphatic carbocycles. The molecule has 8 nitrogen and oxygen atoms in total. The Balaban J connectivity index is 1.39. The molecule has 2 aromatic rings. The third-order valence-electron chi connectivity index (χ3n) is 3.73. The molecular weight excluding hydrogens is 328 g/mol. The Morgan fingerprint density at radius 3 is 2.72 bits per heavy atom. The predicted molar refractivity (Wildman–Crippen MR) is 85.7 cm³/mol. The number of furan rings is 1. The van der Waals surface area contributed by atoms with Gasteiger partial charge >= 0.3 is 11.8 Å². The fraction of sp³-hybridized carbons (Fsp3) is 0.294. The number of amides is 2. The molecule has 1 atom stereocenters. The van der Waals surface area contributed by atoms with Crippen molar-refractivity contribution < 1.29 is 28.6 Å². The second kappa shape index (κ2) is 7.71. The van der Waals surface area contributed by atoms with Crippen molar-refractivity contribution in [2.24, 2.45) is 0 Å². The summed E-state index contributed by atoms with van der Waals surface area (Å²) in [4.78, 5) is 23.5. The summed E-state index contributed by atoms with van der Waals surface area (Å²) in [6.07, 6.45) is 2.42. The highest BCUT2D eigenvalue weighted by molar-refractivity contribution is 6.35. The molecule has 3 rings (SSSR count). The van der Waals surface area contributed by atoms with Crippen molar-refractivity contribution in [3.05, 3.63) is 47.9 Å². The average Bonchev–Trinajstić information content (AvgIpc) is 3.30. The molecule has 0 saturated heterocycles. The van der Waals surface area contributed by atoms with Crippen LogP contribution >= 0.6 is 0 Å². The van der Waals surface area contributed by atoms with E-state index in [-0.39, 0.29) is 26.3 Å². The van der Waals surface area contributed by atoms with Gasteiger partial charge in [0.25, 0.3) is 0 Å². The maximum Gasteiger partial charge on any atom is 0.309 e. The minimum absolute atomic E-state index is 0.169. The van der Waals surface area contributed by atoms with E-state index in [1.54, 1.807) is 24.3 Å². The molecule has 3 N–H and O–H groups in total. The number of aliphatic hydroxyl groups is 1. The Morgan fingerprint density at radius 2 is 1.92 bits per heavy atom. The van der Waals surface area contributed by atoms with Gasteiger partial charge in [-0.15, -0.1) is 0 Å². The normalized spacial score (nSPS) is 13.3. The van der Waals surface area contributed by atoms with Crippen LogP contribution < -0.4 is 20.1 Å². The Kier molecular flexibility index (Phi) is 5.20. The highest BCUT2D eigenvalue weighted by atomic mass is 16.7. The Hall–Kier alpha value is -3.00. The van der Waals surface area contributed by atoms with Crippen LogP contribution in [-0.2, 0) is 16.1 Å². The Bertz CT molecular complexity index is 744. The highest BCUT2D eigenvalue weighted by Crippen LogP contribution is 2.32. The van der Waals surface area contributed by atoms with Crippen molar-refractivity contribution in [2.75, 3.05) is 13.3 Å². The lowest BCUT2D eigenvalue weighted by Crippen LogP contribution is -2.40. The zero-order chi connectivity index (χ0) is 17.6. The van der Waals surface area contributed by atoms with E-state index in [9.17, 15) is 14.7 Å². The lowest BCUT2D eigenvalue weighted by atomic mass is 10.1. The zero-order valence-electron chi connectivity index (χ0n) is 13.4. The van der Waals surface area contributed by atoms with Gasteiger partial charge in [-0.05, 0) is 30.2 Å². The van der Waals surface area contributed by atoms with Gasteiger partial charge in [-0.2, -0.15) is 0 Å². The van der Waals surface area contributed by atoms with Gasteiger partial charge in [0.15, 0.2) is 11.5 Å². The number of benzene rings is 1. The van der Waals surface area contributed by atoms with E-state index in [0.717, 1.165) is 5.56 Å². The molecule has 2 heterocycles. The molecule has 0 unspecified atom stereocenters. The van der Waals surface area contributed by atoms with Crippen molar-refractivity contribution in [2.45, 2.75) is 19.1 Å². The predicted octanol–water partition coefficient (Wildman–Crippen LogP) is 0.864. The minimum atomic E-state index is -0.754. The van der Waals surface area contributed by atoms with Gasteiger partial charge in [0.2, 0.25) is 6.79 Å². The van der Waals surface area contributed by atoms with Gasteiger partial charge in [0.1, 0.15) is 0 Å². The summed E-state index contributed by atoms with van der Waals surface area (Å²) in [6.45, 7) is 0.543. The van der Waals surface area contributed by atoms with Crippen molar-refractivity contribution >= 4 is 11.8 Å². The third kappa shape index (κ3) is 4.30. The number of carbonyl (C=O) groups is 2.